The summed E-state index contributed by atoms with van der Waals surface area (Å²) >= 11 is 0. The molecule has 2 unspecified atom stereocenters. The average molecular weight is 385 g/mol. The average Bonchev–Trinajstić information content (AvgIpc) is 2.41. The van der Waals surface area contributed by atoms with Gasteiger partial charge in [-0.25, -0.2) is 0 Å². The molecular formula is C21H44O2Si2. The lowest BCUT2D eigenvalue weighted by Gasteiger charge is -2.35. The van der Waals surface area contributed by atoms with Crippen molar-refractivity contribution in [3.8, 4) is 0 Å². The molecule has 148 valence electrons. The summed E-state index contributed by atoms with van der Waals surface area (Å²) in [5.41, 5.74) is 1.29. The SMILES string of the molecule is C=CC(CCC)CC(O)C/C(=C/O[Si](C)(C)C(C)(C)C)C[Si](C)(C)C. The Morgan fingerprint density at radius 3 is 2.12 bits per heavy atom. The van der Waals surface area contributed by atoms with Gasteiger partial charge in [-0.15, -0.1) is 6.58 Å². The summed E-state index contributed by atoms with van der Waals surface area (Å²) in [4.78, 5) is 0. The monoisotopic (exact) mass is 384 g/mol. The summed E-state index contributed by atoms with van der Waals surface area (Å²) < 4.78 is 6.35. The van der Waals surface area contributed by atoms with Crippen molar-refractivity contribution in [1.29, 1.82) is 0 Å². The number of hydrogen-bond donors (Lipinski definition) is 1. The second-order valence-corrected chi connectivity index (χ2v) is 20.5. The molecule has 0 aliphatic rings. The first kappa shape index (κ1) is 24.7. The fourth-order valence-electron chi connectivity index (χ4n) is 2.69. The molecule has 0 saturated carbocycles. The highest BCUT2D eigenvalue weighted by Gasteiger charge is 2.38. The van der Waals surface area contributed by atoms with Gasteiger partial charge in [0.15, 0.2) is 0 Å². The van der Waals surface area contributed by atoms with E-state index in [1.54, 1.807) is 0 Å². The van der Waals surface area contributed by atoms with Crippen LogP contribution < -0.4 is 0 Å². The highest BCUT2D eigenvalue weighted by molar-refractivity contribution is 6.76. The quantitative estimate of drug-likeness (QED) is 0.237. The summed E-state index contributed by atoms with van der Waals surface area (Å²) in [5.74, 6) is 0.412. The number of allylic oxidation sites excluding steroid dienone is 1. The Kier molecular flexibility index (Phi) is 9.99. The van der Waals surface area contributed by atoms with Crippen LogP contribution in [0.2, 0.25) is 43.8 Å². The van der Waals surface area contributed by atoms with Gasteiger partial charge in [0.25, 0.3) is 0 Å². The van der Waals surface area contributed by atoms with E-state index < -0.39 is 16.4 Å². The smallest absolute Gasteiger partial charge is 0.249 e. The molecule has 0 aromatic heterocycles. The molecule has 0 rings (SSSR count). The van der Waals surface area contributed by atoms with Crippen LogP contribution >= 0.6 is 0 Å². The van der Waals surface area contributed by atoms with Crippen molar-refractivity contribution in [1.82, 2.24) is 0 Å². The third-order valence-corrected chi connectivity index (χ3v) is 11.0. The maximum atomic E-state index is 10.6. The summed E-state index contributed by atoms with van der Waals surface area (Å²) in [6.45, 7) is 24.6. The number of aliphatic hydroxyl groups is 1. The van der Waals surface area contributed by atoms with Gasteiger partial charge in [-0.05, 0) is 54.9 Å². The van der Waals surface area contributed by atoms with E-state index in [1.165, 1.54) is 5.57 Å². The van der Waals surface area contributed by atoms with E-state index in [-0.39, 0.29) is 11.1 Å². The molecule has 0 fully saturated rings. The third kappa shape index (κ3) is 10.4. The third-order valence-electron chi connectivity index (χ3n) is 5.15. The van der Waals surface area contributed by atoms with Crippen molar-refractivity contribution in [2.45, 2.75) is 103 Å². The fourth-order valence-corrected chi connectivity index (χ4v) is 5.09. The number of aliphatic hydroxyl groups excluding tert-OH is 1. The van der Waals surface area contributed by atoms with Crippen LogP contribution in [0, 0.1) is 5.92 Å². The molecule has 1 N–H and O–H groups in total. The van der Waals surface area contributed by atoms with Crippen LogP contribution in [0.5, 0.6) is 0 Å². The minimum atomic E-state index is -1.80. The summed E-state index contributed by atoms with van der Waals surface area (Å²) in [7, 11) is -3.06. The maximum absolute atomic E-state index is 10.6. The second-order valence-electron chi connectivity index (χ2n) is 10.3. The molecular weight excluding hydrogens is 340 g/mol. The first-order valence-electron chi connectivity index (χ1n) is 9.88. The van der Waals surface area contributed by atoms with E-state index in [9.17, 15) is 5.11 Å². The van der Waals surface area contributed by atoms with Gasteiger partial charge >= 0.3 is 0 Å². The molecule has 25 heavy (non-hydrogen) atoms. The van der Waals surface area contributed by atoms with E-state index in [4.69, 9.17) is 4.43 Å². The van der Waals surface area contributed by atoms with Crippen molar-refractivity contribution < 1.29 is 9.53 Å². The van der Waals surface area contributed by atoms with Crippen molar-refractivity contribution >= 4 is 16.4 Å². The summed E-state index contributed by atoms with van der Waals surface area (Å²) in [6.07, 6.45) is 7.49. The lowest BCUT2D eigenvalue weighted by Crippen LogP contribution is -2.39. The van der Waals surface area contributed by atoms with Gasteiger partial charge < -0.3 is 9.53 Å². The van der Waals surface area contributed by atoms with Crippen LogP contribution in [0.3, 0.4) is 0 Å². The predicted molar refractivity (Wildman–Crippen MR) is 118 cm³/mol. The van der Waals surface area contributed by atoms with E-state index in [0.717, 1.165) is 31.7 Å². The standard InChI is InChI=1S/C21H44O2Si2/c1-11-13-18(12-2)14-20(22)15-19(17-24(6,7)8)16-23-25(9,10)21(3,4)5/h12,16,18,20,22H,2,11,13-15,17H2,1,3-10H3/b19-16-. The van der Waals surface area contributed by atoms with Crippen LogP contribution in [0.1, 0.15) is 53.4 Å². The number of hydrogen-bond acceptors (Lipinski definition) is 2. The Labute approximate surface area is 159 Å². The van der Waals surface area contributed by atoms with Crippen LogP contribution in [0.25, 0.3) is 0 Å². The Balaban J connectivity index is 5.11. The first-order valence-corrected chi connectivity index (χ1v) is 16.5. The van der Waals surface area contributed by atoms with Crippen LogP contribution in [-0.2, 0) is 4.43 Å². The maximum Gasteiger partial charge on any atom is 0.249 e. The van der Waals surface area contributed by atoms with Crippen molar-refractivity contribution in [3.63, 3.8) is 0 Å². The number of rotatable bonds is 11. The largest absolute Gasteiger partial charge is 0.549 e. The molecule has 0 heterocycles. The van der Waals surface area contributed by atoms with E-state index in [1.807, 2.05) is 12.3 Å². The first-order chi connectivity index (χ1) is 11.2. The molecule has 0 amide bonds. The fraction of sp³-hybridized carbons (Fsp3) is 0.810. The molecule has 0 spiro atoms. The normalized spacial score (nSPS) is 16.5. The predicted octanol–water partition coefficient (Wildman–Crippen LogP) is 6.97. The highest BCUT2D eigenvalue weighted by Crippen LogP contribution is 2.37. The molecule has 4 heteroatoms. The molecule has 0 aromatic carbocycles. The Morgan fingerprint density at radius 1 is 1.16 bits per heavy atom. The Morgan fingerprint density at radius 2 is 1.72 bits per heavy atom. The summed E-state index contributed by atoms with van der Waals surface area (Å²) in [5, 5.41) is 10.8. The zero-order valence-corrected chi connectivity index (χ0v) is 20.4. The Hall–Kier alpha value is -0.326. The lowest BCUT2D eigenvalue weighted by atomic mass is 9.94. The van der Waals surface area contributed by atoms with Crippen LogP contribution in [0.15, 0.2) is 24.5 Å². The van der Waals surface area contributed by atoms with Gasteiger partial charge in [0.2, 0.25) is 8.32 Å². The highest BCUT2D eigenvalue weighted by atomic mass is 28.4. The molecule has 0 aliphatic carbocycles. The van der Waals surface area contributed by atoms with Gasteiger partial charge in [-0.2, -0.15) is 0 Å². The minimum absolute atomic E-state index is 0.196. The molecule has 0 saturated heterocycles. The second kappa shape index (κ2) is 10.1. The van der Waals surface area contributed by atoms with Gasteiger partial charge in [0.1, 0.15) is 0 Å². The molecule has 0 aromatic rings. The summed E-state index contributed by atoms with van der Waals surface area (Å²) in [6, 6.07) is 1.09. The van der Waals surface area contributed by atoms with Gasteiger partial charge in [0.05, 0.1) is 12.4 Å². The van der Waals surface area contributed by atoms with Gasteiger partial charge in [-0.3, -0.25) is 0 Å². The van der Waals surface area contributed by atoms with Crippen molar-refractivity contribution in [2.24, 2.45) is 5.92 Å². The molecule has 0 radical (unpaired) electrons. The van der Waals surface area contributed by atoms with Gasteiger partial charge in [-0.1, -0.05) is 59.8 Å². The van der Waals surface area contributed by atoms with Crippen LogP contribution in [-0.4, -0.2) is 27.6 Å². The van der Waals surface area contributed by atoms with Crippen LogP contribution in [0.4, 0.5) is 0 Å². The zero-order valence-electron chi connectivity index (χ0n) is 18.4. The molecule has 2 atom stereocenters. The molecule has 0 aliphatic heterocycles. The van der Waals surface area contributed by atoms with Crippen molar-refractivity contribution in [2.75, 3.05) is 0 Å². The lowest BCUT2D eigenvalue weighted by molar-refractivity contribution is 0.148. The Bertz CT molecular complexity index is 428. The molecule has 0 bridgehead atoms. The van der Waals surface area contributed by atoms with E-state index >= 15 is 0 Å². The molecule has 2 nitrogen and oxygen atoms in total. The van der Waals surface area contributed by atoms with Crippen molar-refractivity contribution in [3.05, 3.63) is 24.5 Å². The van der Waals surface area contributed by atoms with E-state index in [2.05, 4.69) is 67.0 Å². The van der Waals surface area contributed by atoms with E-state index in [0.29, 0.717) is 5.92 Å². The van der Waals surface area contributed by atoms with Gasteiger partial charge in [0, 0.05) is 8.07 Å². The minimum Gasteiger partial charge on any atom is -0.549 e. The zero-order chi connectivity index (χ0) is 19.9. The topological polar surface area (TPSA) is 29.5 Å².